The van der Waals surface area contributed by atoms with Gasteiger partial charge in [-0.2, -0.15) is 0 Å². The Kier molecular flexibility index (Phi) is 5.88. The molecule has 1 aromatic rings. The third-order valence-corrected chi connectivity index (χ3v) is 3.30. The molecule has 2 N–H and O–H groups in total. The van der Waals surface area contributed by atoms with E-state index in [1.54, 1.807) is 0 Å². The van der Waals surface area contributed by atoms with Crippen LogP contribution in [0, 0.1) is 0 Å². The number of guanidine groups is 1. The fraction of sp³-hybridized carbons (Fsp3) is 0.353. The first-order chi connectivity index (χ1) is 10.3. The Morgan fingerprint density at radius 3 is 2.57 bits per heavy atom. The van der Waals surface area contributed by atoms with Crippen LogP contribution in [0.3, 0.4) is 0 Å². The van der Waals surface area contributed by atoms with Gasteiger partial charge in [-0.3, -0.25) is 0 Å². The Morgan fingerprint density at radius 2 is 1.95 bits per heavy atom. The molecule has 0 atom stereocenters. The molecule has 1 aliphatic rings. The molecule has 0 saturated heterocycles. The number of nitrogens with zero attached hydrogens (tertiary/aromatic N) is 2. The fourth-order valence-electron chi connectivity index (χ4n) is 2.18. The maximum absolute atomic E-state index is 4.57. The highest BCUT2D eigenvalue weighted by Crippen LogP contribution is 2.17. The quantitative estimate of drug-likeness (QED) is 0.478. The minimum atomic E-state index is 0.672. The standard InChI is InChI=1S/C17H24N4/c1-3-11-19-17(18-4-2)20-14-15-7-9-16(10-8-15)21-12-5-6-13-21/h3,5-10H,1,4,11-14H2,2H3,(H2,18,19,20). The number of aliphatic imine (C=N–C) groups is 1. The molecule has 0 radical (unpaired) electrons. The van der Waals surface area contributed by atoms with Gasteiger partial charge in [-0.05, 0) is 24.6 Å². The molecule has 0 spiro atoms. The molecule has 21 heavy (non-hydrogen) atoms. The van der Waals surface area contributed by atoms with Crippen molar-refractivity contribution in [2.24, 2.45) is 4.99 Å². The minimum Gasteiger partial charge on any atom is -0.364 e. The first-order valence-electron chi connectivity index (χ1n) is 7.45. The van der Waals surface area contributed by atoms with Crippen LogP contribution < -0.4 is 15.5 Å². The number of rotatable bonds is 6. The maximum atomic E-state index is 4.57. The molecule has 0 bridgehead atoms. The normalized spacial score (nSPS) is 14.3. The summed E-state index contributed by atoms with van der Waals surface area (Å²) in [5, 5.41) is 6.42. The van der Waals surface area contributed by atoms with Gasteiger partial charge in [0.1, 0.15) is 0 Å². The second kappa shape index (κ2) is 8.15. The smallest absolute Gasteiger partial charge is 0.191 e. The van der Waals surface area contributed by atoms with Gasteiger partial charge in [-0.15, -0.1) is 6.58 Å². The van der Waals surface area contributed by atoms with E-state index in [1.165, 1.54) is 11.3 Å². The molecule has 112 valence electrons. The second-order valence-corrected chi connectivity index (χ2v) is 4.91. The molecule has 1 heterocycles. The molecule has 1 aliphatic heterocycles. The number of benzene rings is 1. The van der Waals surface area contributed by atoms with E-state index in [0.29, 0.717) is 13.1 Å². The van der Waals surface area contributed by atoms with Gasteiger partial charge in [-0.1, -0.05) is 30.4 Å². The van der Waals surface area contributed by atoms with Crippen molar-refractivity contribution in [2.45, 2.75) is 13.5 Å². The number of hydrogen-bond acceptors (Lipinski definition) is 2. The van der Waals surface area contributed by atoms with Crippen LogP contribution in [-0.2, 0) is 6.54 Å². The molecule has 4 nitrogen and oxygen atoms in total. The lowest BCUT2D eigenvalue weighted by atomic mass is 10.2. The predicted octanol–water partition coefficient (Wildman–Crippen LogP) is 2.30. The predicted molar refractivity (Wildman–Crippen MR) is 90.8 cm³/mol. The van der Waals surface area contributed by atoms with Gasteiger partial charge >= 0.3 is 0 Å². The Hall–Kier alpha value is -2.23. The van der Waals surface area contributed by atoms with E-state index in [-0.39, 0.29) is 0 Å². The van der Waals surface area contributed by atoms with Gasteiger partial charge in [0.2, 0.25) is 0 Å². The van der Waals surface area contributed by atoms with Crippen LogP contribution in [0.25, 0.3) is 0 Å². The summed E-state index contributed by atoms with van der Waals surface area (Å²) in [4.78, 5) is 6.91. The van der Waals surface area contributed by atoms with Crippen molar-refractivity contribution in [2.75, 3.05) is 31.1 Å². The zero-order chi connectivity index (χ0) is 14.9. The number of hydrogen-bond donors (Lipinski definition) is 2. The number of nitrogens with one attached hydrogen (secondary N) is 2. The highest BCUT2D eigenvalue weighted by Gasteiger charge is 2.06. The lowest BCUT2D eigenvalue weighted by molar-refractivity contribution is 0.860. The summed E-state index contributed by atoms with van der Waals surface area (Å²) in [7, 11) is 0. The van der Waals surface area contributed by atoms with Crippen molar-refractivity contribution in [1.29, 1.82) is 0 Å². The molecule has 4 heteroatoms. The monoisotopic (exact) mass is 284 g/mol. The summed E-state index contributed by atoms with van der Waals surface area (Å²) in [5.74, 6) is 0.824. The van der Waals surface area contributed by atoms with E-state index in [2.05, 4.69) is 70.4 Å². The van der Waals surface area contributed by atoms with Crippen LogP contribution in [0.2, 0.25) is 0 Å². The molecule has 0 amide bonds. The fourth-order valence-corrected chi connectivity index (χ4v) is 2.18. The van der Waals surface area contributed by atoms with Crippen LogP contribution in [0.15, 0.2) is 54.1 Å². The van der Waals surface area contributed by atoms with Gasteiger partial charge in [0, 0.05) is 31.9 Å². The Bertz CT molecular complexity index is 494. The molecular formula is C17H24N4. The summed E-state index contributed by atoms with van der Waals surface area (Å²) < 4.78 is 0. The van der Waals surface area contributed by atoms with Gasteiger partial charge in [0.15, 0.2) is 5.96 Å². The van der Waals surface area contributed by atoms with E-state index in [4.69, 9.17) is 0 Å². The zero-order valence-electron chi connectivity index (χ0n) is 12.7. The van der Waals surface area contributed by atoms with E-state index in [1.807, 2.05) is 6.08 Å². The van der Waals surface area contributed by atoms with Gasteiger partial charge in [0.05, 0.1) is 6.54 Å². The minimum absolute atomic E-state index is 0.672. The van der Waals surface area contributed by atoms with Crippen molar-refractivity contribution in [3.8, 4) is 0 Å². The van der Waals surface area contributed by atoms with Crippen LogP contribution in [-0.4, -0.2) is 32.1 Å². The highest BCUT2D eigenvalue weighted by atomic mass is 15.2. The third-order valence-electron chi connectivity index (χ3n) is 3.30. The highest BCUT2D eigenvalue weighted by molar-refractivity contribution is 5.79. The average Bonchev–Trinajstić information content (AvgIpc) is 3.05. The molecule has 1 aromatic carbocycles. The average molecular weight is 284 g/mol. The molecule has 0 unspecified atom stereocenters. The molecule has 2 rings (SSSR count). The topological polar surface area (TPSA) is 39.7 Å². The zero-order valence-corrected chi connectivity index (χ0v) is 12.7. The molecule has 0 aliphatic carbocycles. The van der Waals surface area contributed by atoms with Crippen molar-refractivity contribution in [3.05, 3.63) is 54.6 Å². The van der Waals surface area contributed by atoms with E-state index in [0.717, 1.165) is 25.6 Å². The molecule has 0 saturated carbocycles. The van der Waals surface area contributed by atoms with Crippen LogP contribution in [0.5, 0.6) is 0 Å². The van der Waals surface area contributed by atoms with E-state index >= 15 is 0 Å². The molecule has 0 fully saturated rings. The van der Waals surface area contributed by atoms with Gasteiger partial charge in [-0.25, -0.2) is 4.99 Å². The SMILES string of the molecule is C=CCNC(=NCc1ccc(N2CC=CC2)cc1)NCC. The van der Waals surface area contributed by atoms with Crippen LogP contribution >= 0.6 is 0 Å². The first kappa shape index (κ1) is 15.2. The van der Waals surface area contributed by atoms with Crippen molar-refractivity contribution < 1.29 is 0 Å². The second-order valence-electron chi connectivity index (χ2n) is 4.91. The first-order valence-corrected chi connectivity index (χ1v) is 7.45. The number of anilines is 1. The van der Waals surface area contributed by atoms with Crippen molar-refractivity contribution in [1.82, 2.24) is 10.6 Å². The maximum Gasteiger partial charge on any atom is 0.191 e. The Morgan fingerprint density at radius 1 is 1.24 bits per heavy atom. The Labute approximate surface area is 127 Å². The summed E-state index contributed by atoms with van der Waals surface area (Å²) in [6.45, 7) is 10.0. The van der Waals surface area contributed by atoms with Crippen LogP contribution in [0.1, 0.15) is 12.5 Å². The van der Waals surface area contributed by atoms with E-state index < -0.39 is 0 Å². The summed E-state index contributed by atoms with van der Waals surface area (Å²) in [6, 6.07) is 8.63. The summed E-state index contributed by atoms with van der Waals surface area (Å²) in [5.41, 5.74) is 2.48. The summed E-state index contributed by atoms with van der Waals surface area (Å²) in [6.07, 6.45) is 6.23. The van der Waals surface area contributed by atoms with Crippen molar-refractivity contribution in [3.63, 3.8) is 0 Å². The lowest BCUT2D eigenvalue weighted by Crippen LogP contribution is -2.37. The van der Waals surface area contributed by atoms with Gasteiger partial charge in [0.25, 0.3) is 0 Å². The Balaban J connectivity index is 1.93. The third kappa shape index (κ3) is 4.67. The molecule has 0 aromatic heterocycles. The van der Waals surface area contributed by atoms with E-state index in [9.17, 15) is 0 Å². The summed E-state index contributed by atoms with van der Waals surface area (Å²) >= 11 is 0. The van der Waals surface area contributed by atoms with Gasteiger partial charge < -0.3 is 15.5 Å². The lowest BCUT2D eigenvalue weighted by Gasteiger charge is -2.17. The largest absolute Gasteiger partial charge is 0.364 e. The van der Waals surface area contributed by atoms with Crippen LogP contribution in [0.4, 0.5) is 5.69 Å². The molecular weight excluding hydrogens is 260 g/mol. The van der Waals surface area contributed by atoms with Crippen molar-refractivity contribution >= 4 is 11.6 Å².